The Balaban J connectivity index is 2.00. The first-order valence-corrected chi connectivity index (χ1v) is 6.49. The van der Waals surface area contributed by atoms with E-state index in [1.165, 1.54) is 11.3 Å². The molecule has 1 aliphatic rings. The van der Waals surface area contributed by atoms with Crippen molar-refractivity contribution < 1.29 is 4.74 Å². The van der Waals surface area contributed by atoms with Gasteiger partial charge in [-0.15, -0.1) is 0 Å². The summed E-state index contributed by atoms with van der Waals surface area (Å²) in [6.45, 7) is 6.10. The number of hydrogen-bond acceptors (Lipinski definition) is 3. The van der Waals surface area contributed by atoms with Crippen molar-refractivity contribution >= 4 is 5.69 Å². The molecule has 0 radical (unpaired) electrons. The van der Waals surface area contributed by atoms with E-state index in [4.69, 9.17) is 4.74 Å². The lowest BCUT2D eigenvalue weighted by Gasteiger charge is -2.23. The molecule has 0 saturated carbocycles. The van der Waals surface area contributed by atoms with Crippen LogP contribution >= 0.6 is 0 Å². The van der Waals surface area contributed by atoms with Crippen LogP contribution in [0.4, 0.5) is 5.69 Å². The quantitative estimate of drug-likeness (QED) is 0.789. The molecule has 0 aliphatic carbocycles. The second-order valence-electron chi connectivity index (χ2n) is 4.52. The summed E-state index contributed by atoms with van der Waals surface area (Å²) < 4.78 is 5.63. The standard InChI is InChI=1S/C14H22N2O/c1-3-15-8-9-16(2)13-6-7-14-12(11-13)5-4-10-17-14/h6-7,11,15H,3-5,8-10H2,1-2H3. The normalized spacial score (nSPS) is 14.0. The van der Waals surface area contributed by atoms with E-state index >= 15 is 0 Å². The van der Waals surface area contributed by atoms with Crippen LogP contribution < -0.4 is 15.0 Å². The molecule has 3 nitrogen and oxygen atoms in total. The van der Waals surface area contributed by atoms with Gasteiger partial charge in [0.05, 0.1) is 6.61 Å². The largest absolute Gasteiger partial charge is 0.493 e. The van der Waals surface area contributed by atoms with Gasteiger partial charge < -0.3 is 15.0 Å². The van der Waals surface area contributed by atoms with E-state index in [1.54, 1.807) is 0 Å². The molecular formula is C14H22N2O. The number of anilines is 1. The van der Waals surface area contributed by atoms with Crippen molar-refractivity contribution in [2.45, 2.75) is 19.8 Å². The summed E-state index contributed by atoms with van der Waals surface area (Å²) in [5.74, 6) is 1.07. The van der Waals surface area contributed by atoms with Gasteiger partial charge in [0.1, 0.15) is 5.75 Å². The summed E-state index contributed by atoms with van der Waals surface area (Å²) in [6, 6.07) is 6.52. The van der Waals surface area contributed by atoms with Gasteiger partial charge in [-0.1, -0.05) is 6.92 Å². The average Bonchev–Trinajstić information content (AvgIpc) is 2.38. The molecule has 17 heavy (non-hydrogen) atoms. The predicted molar refractivity (Wildman–Crippen MR) is 72.1 cm³/mol. The van der Waals surface area contributed by atoms with Gasteiger partial charge in [-0.3, -0.25) is 0 Å². The summed E-state index contributed by atoms with van der Waals surface area (Å²) in [4.78, 5) is 2.29. The van der Waals surface area contributed by atoms with Gasteiger partial charge in [0.15, 0.2) is 0 Å². The van der Waals surface area contributed by atoms with Gasteiger partial charge in [-0.2, -0.15) is 0 Å². The Morgan fingerprint density at radius 2 is 2.29 bits per heavy atom. The fourth-order valence-electron chi connectivity index (χ4n) is 2.14. The third-order valence-electron chi connectivity index (χ3n) is 3.21. The molecule has 0 unspecified atom stereocenters. The molecule has 1 heterocycles. The number of ether oxygens (including phenoxy) is 1. The van der Waals surface area contributed by atoms with Crippen LogP contribution in [0.3, 0.4) is 0 Å². The minimum absolute atomic E-state index is 0.864. The summed E-state index contributed by atoms with van der Waals surface area (Å²) >= 11 is 0. The highest BCUT2D eigenvalue weighted by molar-refractivity contribution is 5.53. The molecule has 0 saturated heterocycles. The van der Waals surface area contributed by atoms with Gasteiger partial charge in [0.2, 0.25) is 0 Å². The van der Waals surface area contributed by atoms with Crippen molar-refractivity contribution in [1.82, 2.24) is 5.32 Å². The summed E-state index contributed by atoms with van der Waals surface area (Å²) in [6.07, 6.45) is 2.28. The Morgan fingerprint density at radius 1 is 1.41 bits per heavy atom. The number of nitrogens with zero attached hydrogens (tertiary/aromatic N) is 1. The van der Waals surface area contributed by atoms with Gasteiger partial charge in [0, 0.05) is 25.8 Å². The molecule has 0 aromatic heterocycles. The van der Waals surface area contributed by atoms with Crippen molar-refractivity contribution in [3.05, 3.63) is 23.8 Å². The van der Waals surface area contributed by atoms with Gasteiger partial charge in [0.25, 0.3) is 0 Å². The van der Waals surface area contributed by atoms with Crippen LogP contribution in [0.2, 0.25) is 0 Å². The fraction of sp³-hybridized carbons (Fsp3) is 0.571. The van der Waals surface area contributed by atoms with E-state index < -0.39 is 0 Å². The zero-order valence-corrected chi connectivity index (χ0v) is 10.8. The zero-order chi connectivity index (χ0) is 12.1. The first-order chi connectivity index (χ1) is 8.31. The highest BCUT2D eigenvalue weighted by atomic mass is 16.5. The molecule has 2 rings (SSSR count). The van der Waals surface area contributed by atoms with E-state index in [9.17, 15) is 0 Å². The molecule has 1 aliphatic heterocycles. The van der Waals surface area contributed by atoms with Crippen LogP contribution in [0, 0.1) is 0 Å². The molecule has 3 heteroatoms. The van der Waals surface area contributed by atoms with Gasteiger partial charge in [-0.25, -0.2) is 0 Å². The second kappa shape index (κ2) is 5.92. The molecule has 0 spiro atoms. The number of nitrogens with one attached hydrogen (secondary N) is 1. The van der Waals surface area contributed by atoms with E-state index in [-0.39, 0.29) is 0 Å². The minimum atomic E-state index is 0.864. The van der Waals surface area contributed by atoms with Crippen LogP contribution in [0.1, 0.15) is 18.9 Å². The smallest absolute Gasteiger partial charge is 0.122 e. The summed E-state index contributed by atoms with van der Waals surface area (Å²) in [7, 11) is 2.14. The Bertz CT molecular complexity index is 365. The zero-order valence-electron chi connectivity index (χ0n) is 10.8. The monoisotopic (exact) mass is 234 g/mol. The lowest BCUT2D eigenvalue weighted by atomic mass is 10.1. The van der Waals surface area contributed by atoms with Crippen molar-refractivity contribution in [1.29, 1.82) is 0 Å². The van der Waals surface area contributed by atoms with Crippen molar-refractivity contribution in [3.63, 3.8) is 0 Å². The van der Waals surface area contributed by atoms with Crippen molar-refractivity contribution in [3.8, 4) is 5.75 Å². The highest BCUT2D eigenvalue weighted by Gasteiger charge is 2.11. The molecular weight excluding hydrogens is 212 g/mol. The second-order valence-corrected chi connectivity index (χ2v) is 4.52. The van der Waals surface area contributed by atoms with Crippen LogP contribution in [-0.4, -0.2) is 33.3 Å². The molecule has 0 amide bonds. The van der Waals surface area contributed by atoms with Gasteiger partial charge in [-0.05, 0) is 43.1 Å². The molecule has 0 bridgehead atoms. The number of fused-ring (bicyclic) bond motifs is 1. The van der Waals surface area contributed by atoms with E-state index in [0.717, 1.165) is 44.8 Å². The van der Waals surface area contributed by atoms with E-state index in [0.29, 0.717) is 0 Å². The lowest BCUT2D eigenvalue weighted by molar-refractivity contribution is 0.288. The number of rotatable bonds is 5. The maximum atomic E-state index is 5.63. The summed E-state index contributed by atoms with van der Waals surface area (Å²) in [5.41, 5.74) is 2.64. The Morgan fingerprint density at radius 3 is 3.12 bits per heavy atom. The van der Waals surface area contributed by atoms with E-state index in [2.05, 4.69) is 42.4 Å². The summed E-state index contributed by atoms with van der Waals surface area (Å²) in [5, 5.41) is 3.34. The topological polar surface area (TPSA) is 24.5 Å². The molecule has 1 aromatic rings. The number of aryl methyl sites for hydroxylation is 1. The van der Waals surface area contributed by atoms with Crippen LogP contribution in [0.5, 0.6) is 5.75 Å². The molecule has 0 atom stereocenters. The fourth-order valence-corrected chi connectivity index (χ4v) is 2.14. The average molecular weight is 234 g/mol. The SMILES string of the molecule is CCNCCN(C)c1ccc2c(c1)CCCO2. The maximum absolute atomic E-state index is 5.63. The maximum Gasteiger partial charge on any atom is 0.122 e. The van der Waals surface area contributed by atoms with Crippen LogP contribution in [0.25, 0.3) is 0 Å². The lowest BCUT2D eigenvalue weighted by Crippen LogP contribution is -2.29. The van der Waals surface area contributed by atoms with Crippen molar-refractivity contribution in [2.75, 3.05) is 38.2 Å². The predicted octanol–water partition coefficient (Wildman–Crippen LogP) is 2.06. The van der Waals surface area contributed by atoms with E-state index in [1.807, 2.05) is 0 Å². The van der Waals surface area contributed by atoms with Gasteiger partial charge >= 0.3 is 0 Å². The Kier molecular flexibility index (Phi) is 4.26. The highest BCUT2D eigenvalue weighted by Crippen LogP contribution is 2.28. The Labute approximate surface area is 104 Å². The van der Waals surface area contributed by atoms with Crippen LogP contribution in [0.15, 0.2) is 18.2 Å². The minimum Gasteiger partial charge on any atom is -0.493 e. The number of benzene rings is 1. The third kappa shape index (κ3) is 3.13. The number of hydrogen-bond donors (Lipinski definition) is 1. The third-order valence-corrected chi connectivity index (χ3v) is 3.21. The molecule has 0 fully saturated rings. The van der Waals surface area contributed by atoms with Crippen molar-refractivity contribution in [2.24, 2.45) is 0 Å². The molecule has 94 valence electrons. The molecule has 1 N–H and O–H groups in total. The first-order valence-electron chi connectivity index (χ1n) is 6.49. The molecule has 1 aromatic carbocycles. The number of likely N-dealkylation sites (N-methyl/N-ethyl adjacent to an activating group) is 2. The Hall–Kier alpha value is -1.22. The van der Waals surface area contributed by atoms with Crippen LogP contribution in [-0.2, 0) is 6.42 Å². The first kappa shape index (κ1) is 12.2.